The van der Waals surface area contributed by atoms with Crippen molar-refractivity contribution in [2.45, 2.75) is 51.7 Å². The third kappa shape index (κ3) is 7.79. The Morgan fingerprint density at radius 1 is 0.809 bits per heavy atom. The van der Waals surface area contributed by atoms with Crippen LogP contribution < -0.4 is 0 Å². The van der Waals surface area contributed by atoms with E-state index in [-0.39, 0.29) is 37.2 Å². The first-order valence-corrected chi connectivity index (χ1v) is 15.7. The summed E-state index contributed by atoms with van der Waals surface area (Å²) in [6.45, 7) is -2.39. The molecule has 0 bridgehead atoms. The Morgan fingerprint density at radius 3 is 2.45 bits per heavy atom. The third-order valence-corrected chi connectivity index (χ3v) is 8.23. The number of rotatable bonds is 6. The molecule has 1 saturated carbocycles. The van der Waals surface area contributed by atoms with Gasteiger partial charge in [-0.05, 0) is 60.5 Å². The largest absolute Gasteiger partial charge is 3.00 e. The van der Waals surface area contributed by atoms with Crippen molar-refractivity contribution >= 4 is 21.9 Å². The Balaban J connectivity index is 0.000000182. The van der Waals surface area contributed by atoms with Crippen LogP contribution in [0.3, 0.4) is 0 Å². The average Bonchev–Trinajstić information content (AvgIpc) is 3.58. The van der Waals surface area contributed by atoms with Gasteiger partial charge in [0, 0.05) is 39.2 Å². The quantitative estimate of drug-likeness (QED) is 0.157. The van der Waals surface area contributed by atoms with Gasteiger partial charge in [0.1, 0.15) is 5.58 Å². The molecule has 3 heterocycles. The standard InChI is InChI=1S/C24H15NO.C19H22N.Ir/c1-2-10-23-21(7-1)22-9-4-8-20(24(22)26-23)19-6-3-5-18(16-19)15-17-11-13-25-14-12-17;1-15-14-20-19(17-10-6-3-7-11-17)13-18(15)12-16-8-4-2-5-9-16;/h1-5,7,9-14,16H,15H2;3,6-7,10,13-14,16H,2,4-5,8-9,12H2,1H3;/q-2;-1;+3/i15D2;1D3,12D2;. The maximum Gasteiger partial charge on any atom is 3.00 e. The molecule has 0 N–H and O–H groups in total. The van der Waals surface area contributed by atoms with Crippen LogP contribution in [0.25, 0.3) is 44.3 Å². The maximum atomic E-state index is 8.72. The minimum Gasteiger partial charge on any atom is -0.510 e. The van der Waals surface area contributed by atoms with Gasteiger partial charge in [0.15, 0.2) is 0 Å². The first-order valence-electron chi connectivity index (χ1n) is 19.2. The first-order chi connectivity index (χ1) is 25.4. The third-order valence-electron chi connectivity index (χ3n) is 8.23. The minimum atomic E-state index is -2.39. The fourth-order valence-corrected chi connectivity index (χ4v) is 5.92. The zero-order valence-corrected chi connectivity index (χ0v) is 28.1. The van der Waals surface area contributed by atoms with E-state index >= 15 is 0 Å². The SMILES string of the molecule is [2H]C([2H])([2H])c1cnc(-c2[c-]cccc2)cc1C([2H])([2H])C1CCCCC1.[2H]C([2H])(c1ccncc1)c1cc[c-]c(-c2[c-]ccc3c2oc2ccccc23)c1.[Ir+3]. The number of para-hydroxylation sites is 1. The number of furan rings is 1. The molecule has 47 heavy (non-hydrogen) atoms. The Labute approximate surface area is 301 Å². The van der Waals surface area contributed by atoms with Crippen LogP contribution in [0.2, 0.25) is 0 Å². The summed E-state index contributed by atoms with van der Waals surface area (Å²) in [4.78, 5) is 8.26. The summed E-state index contributed by atoms with van der Waals surface area (Å²) in [7, 11) is 0. The van der Waals surface area contributed by atoms with Crippen LogP contribution >= 0.6 is 0 Å². The number of hydrogen-bond donors (Lipinski definition) is 0. The van der Waals surface area contributed by atoms with Crippen molar-refractivity contribution in [2.24, 2.45) is 5.92 Å². The number of hydrogen-bond acceptors (Lipinski definition) is 3. The van der Waals surface area contributed by atoms with Crippen LogP contribution in [0.15, 0.2) is 120 Å². The number of aryl methyl sites for hydroxylation is 1. The molecule has 0 saturated heterocycles. The second-order valence-corrected chi connectivity index (χ2v) is 11.4. The van der Waals surface area contributed by atoms with E-state index in [0.29, 0.717) is 16.8 Å². The zero-order chi connectivity index (χ0) is 37.2. The molecular formula is C43H37IrN2O. The van der Waals surface area contributed by atoms with Crippen LogP contribution in [0.5, 0.6) is 0 Å². The normalized spacial score (nSPS) is 16.2. The van der Waals surface area contributed by atoms with Crippen molar-refractivity contribution in [3.05, 3.63) is 156 Å². The molecule has 0 aliphatic heterocycles. The molecule has 0 spiro atoms. The smallest absolute Gasteiger partial charge is 0.510 e. The monoisotopic (exact) mass is 797 g/mol. The molecule has 1 aliphatic rings. The summed E-state index contributed by atoms with van der Waals surface area (Å²) in [6, 6.07) is 39.0. The molecule has 0 amide bonds. The molecule has 0 radical (unpaired) electrons. The zero-order valence-electron chi connectivity index (χ0n) is 32.7. The van der Waals surface area contributed by atoms with Crippen molar-refractivity contribution in [2.75, 3.05) is 0 Å². The van der Waals surface area contributed by atoms with Crippen molar-refractivity contribution in [1.82, 2.24) is 9.97 Å². The molecule has 234 valence electrons. The molecule has 4 heteroatoms. The van der Waals surface area contributed by atoms with E-state index in [1.807, 2.05) is 60.7 Å². The van der Waals surface area contributed by atoms with Crippen molar-refractivity contribution in [3.63, 3.8) is 0 Å². The summed E-state index contributed by atoms with van der Waals surface area (Å²) in [6.07, 6.45) is 5.90. The predicted octanol–water partition coefficient (Wildman–Crippen LogP) is 10.8. The molecule has 3 aromatic heterocycles. The van der Waals surface area contributed by atoms with Gasteiger partial charge in [-0.15, -0.1) is 53.6 Å². The number of pyridine rings is 2. The van der Waals surface area contributed by atoms with Crippen LogP contribution in [0.4, 0.5) is 0 Å². The summed E-state index contributed by atoms with van der Waals surface area (Å²) < 4.78 is 64.2. The first kappa shape index (κ1) is 24.8. The Morgan fingerprint density at radius 2 is 1.62 bits per heavy atom. The van der Waals surface area contributed by atoms with Crippen molar-refractivity contribution in [1.29, 1.82) is 0 Å². The fraction of sp³-hybridized carbons (Fsp3) is 0.209. The second-order valence-electron chi connectivity index (χ2n) is 11.4. The number of fused-ring (bicyclic) bond motifs is 3. The molecule has 0 unspecified atom stereocenters. The van der Waals surface area contributed by atoms with Crippen molar-refractivity contribution in [3.8, 4) is 22.4 Å². The van der Waals surface area contributed by atoms with Gasteiger partial charge in [-0.1, -0.05) is 67.3 Å². The molecule has 1 aliphatic carbocycles. The van der Waals surface area contributed by atoms with Crippen LogP contribution in [0, 0.1) is 31.0 Å². The van der Waals surface area contributed by atoms with Crippen LogP contribution in [-0.2, 0) is 32.9 Å². The summed E-state index contributed by atoms with van der Waals surface area (Å²) in [5.41, 5.74) is 5.76. The van der Waals surface area contributed by atoms with E-state index in [2.05, 4.69) is 28.2 Å². The molecule has 4 aromatic carbocycles. The van der Waals surface area contributed by atoms with Gasteiger partial charge in [-0.3, -0.25) is 4.98 Å². The molecule has 1 fully saturated rings. The Hall–Kier alpha value is -4.37. The Bertz CT molecular complexity index is 2340. The second kappa shape index (κ2) is 15.5. The minimum absolute atomic E-state index is 0. The van der Waals surface area contributed by atoms with Gasteiger partial charge in [0.05, 0.1) is 0 Å². The van der Waals surface area contributed by atoms with Crippen molar-refractivity contribution < 1.29 is 34.1 Å². The summed E-state index contributed by atoms with van der Waals surface area (Å²) >= 11 is 0. The van der Waals surface area contributed by atoms with Gasteiger partial charge in [-0.2, -0.15) is 35.9 Å². The van der Waals surface area contributed by atoms with E-state index in [9.17, 15) is 0 Å². The van der Waals surface area contributed by atoms with E-state index in [1.54, 1.807) is 48.8 Å². The number of aromatic nitrogens is 2. The van der Waals surface area contributed by atoms with Gasteiger partial charge in [0.2, 0.25) is 0 Å². The maximum absolute atomic E-state index is 8.72. The number of benzene rings is 4. The van der Waals surface area contributed by atoms with Gasteiger partial charge >= 0.3 is 20.1 Å². The molecule has 8 rings (SSSR count). The van der Waals surface area contributed by atoms with Gasteiger partial charge in [-0.25, -0.2) is 5.56 Å². The van der Waals surface area contributed by atoms with E-state index in [4.69, 9.17) is 14.0 Å². The molecule has 3 nitrogen and oxygen atoms in total. The van der Waals surface area contributed by atoms with E-state index in [1.165, 1.54) is 6.20 Å². The van der Waals surface area contributed by atoms with E-state index in [0.717, 1.165) is 70.7 Å². The predicted molar refractivity (Wildman–Crippen MR) is 187 cm³/mol. The van der Waals surface area contributed by atoms with Crippen LogP contribution in [0.1, 0.15) is 64.0 Å². The average molecular weight is 797 g/mol. The molecule has 0 atom stereocenters. The fourth-order valence-electron chi connectivity index (χ4n) is 5.92. The summed E-state index contributed by atoms with van der Waals surface area (Å²) in [5, 5.41) is 2.07. The topological polar surface area (TPSA) is 38.9 Å². The summed E-state index contributed by atoms with van der Waals surface area (Å²) in [5.74, 6) is -0.155. The molecular weight excluding hydrogens is 753 g/mol. The van der Waals surface area contributed by atoms with Gasteiger partial charge < -0.3 is 9.40 Å². The Kier molecular flexibility index (Phi) is 8.15. The van der Waals surface area contributed by atoms with Gasteiger partial charge in [0.25, 0.3) is 0 Å². The van der Waals surface area contributed by atoms with E-state index < -0.39 is 19.6 Å². The molecule has 7 aromatic rings. The number of nitrogens with zero attached hydrogens (tertiary/aromatic N) is 2. The van der Waals surface area contributed by atoms with Crippen LogP contribution in [-0.4, -0.2) is 9.97 Å².